The number of thioether (sulfide) groups is 1. The van der Waals surface area contributed by atoms with Gasteiger partial charge >= 0.3 is 5.97 Å². The zero-order valence-electron chi connectivity index (χ0n) is 10.5. The molecule has 0 fully saturated rings. The second kappa shape index (κ2) is 3.95. The Morgan fingerprint density at radius 2 is 1.90 bits per heavy atom. The summed E-state index contributed by atoms with van der Waals surface area (Å²) < 4.78 is 0. The van der Waals surface area contributed by atoms with Gasteiger partial charge in [-0.15, -0.1) is 0 Å². The van der Waals surface area contributed by atoms with E-state index >= 15 is 0 Å². The van der Waals surface area contributed by atoms with E-state index in [2.05, 4.69) is 4.98 Å². The smallest absolute Gasteiger partial charge is 0.337 e. The first-order valence-corrected chi connectivity index (χ1v) is 6.97. The summed E-state index contributed by atoms with van der Waals surface area (Å²) in [6.07, 6.45) is 0. The molecule has 2 aromatic carbocycles. The number of H-pyrrole nitrogens is 1. The van der Waals surface area contributed by atoms with Crippen molar-refractivity contribution in [3.63, 3.8) is 0 Å². The number of aromatic amines is 1. The van der Waals surface area contributed by atoms with Crippen LogP contribution in [0.1, 0.15) is 20.7 Å². The molecule has 0 unspecified atom stereocenters. The summed E-state index contributed by atoms with van der Waals surface area (Å²) in [4.78, 5) is 38.5. The van der Waals surface area contributed by atoms with Crippen LogP contribution in [0, 0.1) is 0 Å². The van der Waals surface area contributed by atoms with E-state index in [1.807, 2.05) is 24.3 Å². The molecule has 0 saturated carbocycles. The normalized spacial score (nSPS) is 14.1. The Morgan fingerprint density at radius 1 is 1.14 bits per heavy atom. The van der Waals surface area contributed by atoms with Gasteiger partial charge in [-0.2, -0.15) is 0 Å². The number of rotatable bonds is 1. The Balaban J connectivity index is 2.26. The van der Waals surface area contributed by atoms with Crippen molar-refractivity contribution in [3.05, 3.63) is 41.5 Å². The van der Waals surface area contributed by atoms with E-state index in [4.69, 9.17) is 0 Å². The van der Waals surface area contributed by atoms with E-state index < -0.39 is 16.9 Å². The molecule has 102 valence electrons. The zero-order valence-corrected chi connectivity index (χ0v) is 11.3. The highest BCUT2D eigenvalue weighted by Gasteiger charge is 2.35. The monoisotopic (exact) mass is 297 g/mol. The number of ketones is 1. The fourth-order valence-corrected chi connectivity index (χ4v) is 3.67. The Morgan fingerprint density at radius 3 is 2.67 bits per heavy atom. The summed E-state index contributed by atoms with van der Waals surface area (Å²) in [6.45, 7) is 0. The van der Waals surface area contributed by atoms with Crippen molar-refractivity contribution >= 4 is 50.4 Å². The minimum Gasteiger partial charge on any atom is -0.478 e. The maximum Gasteiger partial charge on any atom is 0.337 e. The second-order valence-electron chi connectivity index (χ2n) is 4.75. The number of aromatic nitrogens is 1. The minimum absolute atomic E-state index is 0.0177. The largest absolute Gasteiger partial charge is 0.478 e. The van der Waals surface area contributed by atoms with Crippen molar-refractivity contribution in [2.75, 3.05) is 0 Å². The van der Waals surface area contributed by atoms with Crippen molar-refractivity contribution in [2.45, 2.75) is 4.90 Å². The molecule has 2 heterocycles. The van der Waals surface area contributed by atoms with Crippen LogP contribution in [0.2, 0.25) is 0 Å². The van der Waals surface area contributed by atoms with Crippen LogP contribution in [0.15, 0.2) is 35.2 Å². The van der Waals surface area contributed by atoms with Crippen molar-refractivity contribution in [3.8, 4) is 0 Å². The van der Waals surface area contributed by atoms with Gasteiger partial charge in [-0.05, 0) is 23.9 Å². The lowest BCUT2D eigenvalue weighted by Gasteiger charge is -2.04. The van der Waals surface area contributed by atoms with Crippen molar-refractivity contribution < 1.29 is 19.5 Å². The highest BCUT2D eigenvalue weighted by molar-refractivity contribution is 8.16. The minimum atomic E-state index is -1.14. The summed E-state index contributed by atoms with van der Waals surface area (Å²) in [5.41, 5.74) is 1.53. The molecule has 0 radical (unpaired) electrons. The Hall–Kier alpha value is -2.60. The summed E-state index contributed by atoms with van der Waals surface area (Å²) >= 11 is 0.698. The fourth-order valence-electron chi connectivity index (χ4n) is 2.73. The predicted octanol–water partition coefficient (Wildman–Crippen LogP) is 2.83. The number of para-hydroxylation sites is 1. The number of nitrogens with one attached hydrogen (secondary N) is 1. The van der Waals surface area contributed by atoms with Gasteiger partial charge in [-0.1, -0.05) is 18.2 Å². The number of carboxylic acid groups (broad SMARTS) is 1. The molecule has 4 rings (SSSR count). The third kappa shape index (κ3) is 1.50. The van der Waals surface area contributed by atoms with Crippen LogP contribution in [0.25, 0.3) is 21.8 Å². The fraction of sp³-hybridized carbons (Fsp3) is 0. The number of hydrogen-bond donors (Lipinski definition) is 2. The molecule has 3 aromatic rings. The zero-order chi connectivity index (χ0) is 14.7. The highest BCUT2D eigenvalue weighted by atomic mass is 32.2. The van der Waals surface area contributed by atoms with Gasteiger partial charge in [0.05, 0.1) is 5.56 Å². The molecule has 0 amide bonds. The average Bonchev–Trinajstić information content (AvgIpc) is 2.95. The van der Waals surface area contributed by atoms with E-state index in [9.17, 15) is 19.5 Å². The van der Waals surface area contributed by atoms with E-state index in [0.29, 0.717) is 22.7 Å². The van der Waals surface area contributed by atoms with Crippen LogP contribution >= 0.6 is 11.8 Å². The lowest BCUT2D eigenvalue weighted by atomic mass is 10.0. The van der Waals surface area contributed by atoms with Gasteiger partial charge in [0.1, 0.15) is 0 Å². The molecule has 0 bridgehead atoms. The number of carboxylic acids is 1. The van der Waals surface area contributed by atoms with E-state index in [0.717, 1.165) is 10.9 Å². The first kappa shape index (κ1) is 12.2. The predicted molar refractivity (Wildman–Crippen MR) is 78.0 cm³/mol. The standard InChI is InChI=1S/C15H7NO4S/c17-12-7-5-9-10(6-3-1-2-4-8(6)16-9)11(14(18)19)13(7)21-15(12)20/h1-5,16H,(H,18,19). The lowest BCUT2D eigenvalue weighted by Crippen LogP contribution is -2.04. The number of carbonyl (C=O) groups is 3. The molecule has 6 heteroatoms. The molecule has 1 aromatic heterocycles. The van der Waals surface area contributed by atoms with Crippen molar-refractivity contribution in [1.82, 2.24) is 4.98 Å². The highest BCUT2D eigenvalue weighted by Crippen LogP contribution is 2.41. The van der Waals surface area contributed by atoms with Gasteiger partial charge in [0.2, 0.25) is 5.78 Å². The SMILES string of the molecule is O=C1Sc2c(cc3[nH]c4ccccc4c3c2C(=O)O)C1=O. The summed E-state index contributed by atoms with van der Waals surface area (Å²) in [5.74, 6) is -1.78. The Kier molecular flexibility index (Phi) is 2.29. The number of aromatic carboxylic acids is 1. The summed E-state index contributed by atoms with van der Waals surface area (Å²) in [7, 11) is 0. The molecule has 21 heavy (non-hydrogen) atoms. The van der Waals surface area contributed by atoms with Crippen LogP contribution < -0.4 is 0 Å². The van der Waals surface area contributed by atoms with E-state index in [-0.39, 0.29) is 16.0 Å². The molecule has 0 spiro atoms. The summed E-state index contributed by atoms with van der Waals surface area (Å²) in [6, 6.07) is 8.88. The molecule has 0 saturated heterocycles. The lowest BCUT2D eigenvalue weighted by molar-refractivity contribution is -0.107. The molecule has 2 N–H and O–H groups in total. The van der Waals surface area contributed by atoms with Crippen molar-refractivity contribution in [2.24, 2.45) is 0 Å². The molecule has 1 aliphatic rings. The van der Waals surface area contributed by atoms with E-state index in [1.165, 1.54) is 0 Å². The number of carbonyl (C=O) groups excluding carboxylic acids is 2. The summed E-state index contributed by atoms with van der Waals surface area (Å²) in [5, 5.41) is 10.2. The number of Topliss-reactive ketones (excluding diaryl/α,β-unsaturated/α-hetero) is 1. The van der Waals surface area contributed by atoms with Gasteiger partial charge < -0.3 is 10.1 Å². The molecule has 1 aliphatic heterocycles. The van der Waals surface area contributed by atoms with Crippen molar-refractivity contribution in [1.29, 1.82) is 0 Å². The maximum absolute atomic E-state index is 11.9. The quantitative estimate of drug-likeness (QED) is 0.674. The van der Waals surface area contributed by atoms with Crippen LogP contribution in [0.3, 0.4) is 0 Å². The van der Waals surface area contributed by atoms with Gasteiger partial charge in [-0.25, -0.2) is 4.79 Å². The van der Waals surface area contributed by atoms with Crippen LogP contribution in [-0.2, 0) is 4.79 Å². The number of hydrogen-bond acceptors (Lipinski definition) is 4. The third-order valence-electron chi connectivity index (χ3n) is 3.58. The number of fused-ring (bicyclic) bond motifs is 4. The van der Waals surface area contributed by atoms with Gasteiger partial charge in [0, 0.05) is 32.3 Å². The van der Waals surface area contributed by atoms with Crippen LogP contribution in [0.5, 0.6) is 0 Å². The average molecular weight is 297 g/mol. The third-order valence-corrected chi connectivity index (χ3v) is 4.58. The Bertz CT molecular complexity index is 986. The van der Waals surface area contributed by atoms with Crippen LogP contribution in [0.4, 0.5) is 0 Å². The molecule has 0 aliphatic carbocycles. The van der Waals surface area contributed by atoms with Gasteiger partial charge in [0.15, 0.2) is 0 Å². The second-order valence-corrected chi connectivity index (χ2v) is 5.73. The molecule has 5 nitrogen and oxygen atoms in total. The maximum atomic E-state index is 11.9. The topological polar surface area (TPSA) is 87.2 Å². The molecule has 0 atom stereocenters. The van der Waals surface area contributed by atoms with Gasteiger partial charge in [-0.3, -0.25) is 9.59 Å². The number of benzene rings is 2. The van der Waals surface area contributed by atoms with Gasteiger partial charge in [0.25, 0.3) is 5.12 Å². The Labute approximate surface area is 121 Å². The molecular weight excluding hydrogens is 290 g/mol. The first-order chi connectivity index (χ1) is 10.1. The van der Waals surface area contributed by atoms with E-state index in [1.54, 1.807) is 6.07 Å². The molecular formula is C15H7NO4S. The van der Waals surface area contributed by atoms with Crippen LogP contribution in [-0.4, -0.2) is 27.0 Å². The first-order valence-electron chi connectivity index (χ1n) is 6.15.